The molecule has 216 valence electrons. The van der Waals surface area contributed by atoms with E-state index in [-0.39, 0.29) is 0 Å². The van der Waals surface area contributed by atoms with Gasteiger partial charge in [0.1, 0.15) is 5.75 Å². The van der Waals surface area contributed by atoms with Crippen LogP contribution in [0.1, 0.15) is 51.3 Å². The van der Waals surface area contributed by atoms with Crippen LogP contribution in [0.5, 0.6) is 5.75 Å². The van der Waals surface area contributed by atoms with Crippen LogP contribution in [-0.2, 0) is 14.2 Å². The second-order valence-electron chi connectivity index (χ2n) is 9.93. The van der Waals surface area contributed by atoms with E-state index in [0.29, 0.717) is 35.0 Å². The summed E-state index contributed by atoms with van der Waals surface area (Å²) in [6.45, 7) is 4.76. The Kier molecular flexibility index (Phi) is 9.76. The van der Waals surface area contributed by atoms with E-state index in [2.05, 4.69) is 13.8 Å². The first-order valence-electron chi connectivity index (χ1n) is 13.7. The second-order valence-corrected chi connectivity index (χ2v) is 9.93. The second kappa shape index (κ2) is 13.6. The highest BCUT2D eigenvalue weighted by Crippen LogP contribution is 2.43. The topological polar surface area (TPSA) is 88.1 Å². The average molecular weight is 567 g/mol. The number of ether oxygens (including phenoxy) is 4. The Bertz CT molecular complexity index is 1470. The normalized spacial score (nSPS) is 11.4. The minimum atomic E-state index is -0.416. The van der Waals surface area contributed by atoms with Crippen molar-refractivity contribution in [3.05, 3.63) is 102 Å². The number of hydrogen-bond donors (Lipinski definition) is 0. The highest BCUT2D eigenvalue weighted by atomic mass is 16.5. The van der Waals surface area contributed by atoms with Crippen LogP contribution in [0.15, 0.2) is 84.9 Å². The maximum atomic E-state index is 12.1. The van der Waals surface area contributed by atoms with Crippen LogP contribution < -0.4 is 4.74 Å². The fraction of sp³-hybridized carbons (Fsp3) is 0.229. The van der Waals surface area contributed by atoms with Gasteiger partial charge in [-0.2, -0.15) is 0 Å². The van der Waals surface area contributed by atoms with Crippen molar-refractivity contribution in [3.8, 4) is 39.1 Å². The summed E-state index contributed by atoms with van der Waals surface area (Å²) in [6, 6.07) is 25.6. The van der Waals surface area contributed by atoms with E-state index in [0.717, 1.165) is 39.8 Å². The van der Waals surface area contributed by atoms with Gasteiger partial charge in [0.15, 0.2) is 0 Å². The molecule has 1 atom stereocenters. The molecular formula is C35H34O7. The third-order valence-electron chi connectivity index (χ3n) is 7.17. The zero-order valence-corrected chi connectivity index (χ0v) is 24.4. The van der Waals surface area contributed by atoms with Crippen molar-refractivity contribution in [3.63, 3.8) is 0 Å². The Labute approximate surface area is 246 Å². The predicted molar refractivity (Wildman–Crippen MR) is 162 cm³/mol. The van der Waals surface area contributed by atoms with Crippen LogP contribution in [0, 0.1) is 5.92 Å². The lowest BCUT2D eigenvalue weighted by Crippen LogP contribution is -2.09. The first-order valence-corrected chi connectivity index (χ1v) is 13.7. The van der Waals surface area contributed by atoms with Gasteiger partial charge in [-0.05, 0) is 76.7 Å². The zero-order valence-electron chi connectivity index (χ0n) is 24.4. The quantitative estimate of drug-likeness (QED) is 0.145. The third kappa shape index (κ3) is 6.69. The Hall–Kier alpha value is -4.91. The lowest BCUT2D eigenvalue weighted by atomic mass is 9.91. The summed E-state index contributed by atoms with van der Waals surface area (Å²) >= 11 is 0. The predicted octanol–water partition coefficient (Wildman–Crippen LogP) is 7.47. The van der Waals surface area contributed by atoms with E-state index >= 15 is 0 Å². The molecule has 0 spiro atoms. The number of methoxy groups -OCH3 is 3. The maximum Gasteiger partial charge on any atom is 0.337 e. The van der Waals surface area contributed by atoms with Gasteiger partial charge in [-0.3, -0.25) is 0 Å². The van der Waals surface area contributed by atoms with Crippen molar-refractivity contribution >= 4 is 17.9 Å². The van der Waals surface area contributed by atoms with Gasteiger partial charge in [0, 0.05) is 11.1 Å². The fourth-order valence-corrected chi connectivity index (χ4v) is 4.45. The fourth-order valence-electron chi connectivity index (χ4n) is 4.45. The van der Waals surface area contributed by atoms with Gasteiger partial charge < -0.3 is 18.9 Å². The van der Waals surface area contributed by atoms with Gasteiger partial charge in [-0.15, -0.1) is 0 Å². The summed E-state index contributed by atoms with van der Waals surface area (Å²) in [4.78, 5) is 36.2. The molecule has 0 bridgehead atoms. The molecule has 0 unspecified atom stereocenters. The van der Waals surface area contributed by atoms with Gasteiger partial charge in [0.25, 0.3) is 0 Å². The van der Waals surface area contributed by atoms with Gasteiger partial charge in [0.05, 0.1) is 44.6 Å². The molecule has 4 rings (SSSR count). The van der Waals surface area contributed by atoms with Crippen LogP contribution >= 0.6 is 0 Å². The molecule has 0 N–H and O–H groups in total. The van der Waals surface area contributed by atoms with Crippen molar-refractivity contribution < 1.29 is 33.3 Å². The van der Waals surface area contributed by atoms with Gasteiger partial charge >= 0.3 is 17.9 Å². The van der Waals surface area contributed by atoms with Crippen LogP contribution in [-0.4, -0.2) is 45.8 Å². The number of carbonyl (C=O) groups is 3. The summed E-state index contributed by atoms with van der Waals surface area (Å²) in [5.41, 5.74) is 6.47. The van der Waals surface area contributed by atoms with Crippen LogP contribution in [0.3, 0.4) is 0 Å². The van der Waals surface area contributed by atoms with Gasteiger partial charge in [0.2, 0.25) is 0 Å². The minimum Gasteiger partial charge on any atom is -0.492 e. The number of rotatable bonds is 10. The summed E-state index contributed by atoms with van der Waals surface area (Å²) in [5, 5.41) is 0. The molecule has 0 heterocycles. The molecular weight excluding hydrogens is 532 g/mol. The van der Waals surface area contributed by atoms with Crippen LogP contribution in [0.25, 0.3) is 33.4 Å². The number of esters is 3. The Balaban J connectivity index is 1.94. The molecule has 7 heteroatoms. The SMILES string of the molecule is CC[C@@H](C)COc1c(-c2ccc(C(=O)OC)cc2)cc(-c2ccc(C(=O)OC)cc2)cc1-c1ccc(C(=O)OC)cc1. The Morgan fingerprint density at radius 3 is 1.26 bits per heavy atom. The first-order chi connectivity index (χ1) is 20.3. The van der Waals surface area contributed by atoms with E-state index < -0.39 is 17.9 Å². The zero-order chi connectivity index (χ0) is 30.2. The summed E-state index contributed by atoms with van der Waals surface area (Å²) in [7, 11) is 4.05. The Morgan fingerprint density at radius 1 is 0.571 bits per heavy atom. The largest absolute Gasteiger partial charge is 0.492 e. The lowest BCUT2D eigenvalue weighted by Gasteiger charge is -2.21. The molecule has 0 aliphatic rings. The smallest absolute Gasteiger partial charge is 0.337 e. The van der Waals surface area contributed by atoms with Crippen molar-refractivity contribution in [2.24, 2.45) is 5.92 Å². The molecule has 0 saturated heterocycles. The molecule has 7 nitrogen and oxygen atoms in total. The molecule has 0 aliphatic carbocycles. The highest BCUT2D eigenvalue weighted by Gasteiger charge is 2.19. The van der Waals surface area contributed by atoms with E-state index in [1.807, 2.05) is 48.5 Å². The standard InChI is InChI=1S/C35H34O7/c1-6-22(2)21-42-32-30(24-9-15-27(16-10-24)34(37)40-4)19-29(23-7-13-26(14-8-23)33(36)39-3)20-31(32)25-11-17-28(18-12-25)35(38)41-5/h7-20,22H,6,21H2,1-5H3/t22-/m1/s1. The van der Waals surface area contributed by atoms with Crippen molar-refractivity contribution in [2.75, 3.05) is 27.9 Å². The Morgan fingerprint density at radius 2 is 0.929 bits per heavy atom. The number of carbonyl (C=O) groups excluding carboxylic acids is 3. The molecule has 0 radical (unpaired) electrons. The van der Waals surface area contributed by atoms with E-state index in [9.17, 15) is 14.4 Å². The molecule has 0 fully saturated rings. The molecule has 0 aromatic heterocycles. The minimum absolute atomic E-state index is 0.319. The molecule has 0 saturated carbocycles. The van der Waals surface area contributed by atoms with E-state index in [4.69, 9.17) is 18.9 Å². The molecule has 4 aromatic carbocycles. The lowest BCUT2D eigenvalue weighted by molar-refractivity contribution is 0.0592. The average Bonchev–Trinajstić information content (AvgIpc) is 3.05. The summed E-state index contributed by atoms with van der Waals surface area (Å²) < 4.78 is 21.1. The van der Waals surface area contributed by atoms with Gasteiger partial charge in [-0.25, -0.2) is 14.4 Å². The summed E-state index contributed by atoms with van der Waals surface area (Å²) in [5.74, 6) is -0.240. The monoisotopic (exact) mass is 566 g/mol. The van der Waals surface area contributed by atoms with Crippen LogP contribution in [0.4, 0.5) is 0 Å². The van der Waals surface area contributed by atoms with Gasteiger partial charge in [-0.1, -0.05) is 56.7 Å². The third-order valence-corrected chi connectivity index (χ3v) is 7.17. The molecule has 0 amide bonds. The van der Waals surface area contributed by atoms with Crippen molar-refractivity contribution in [2.45, 2.75) is 20.3 Å². The maximum absolute atomic E-state index is 12.1. The van der Waals surface area contributed by atoms with Crippen molar-refractivity contribution in [1.82, 2.24) is 0 Å². The molecule has 0 aliphatic heterocycles. The van der Waals surface area contributed by atoms with Crippen molar-refractivity contribution in [1.29, 1.82) is 0 Å². The summed E-state index contributed by atoms with van der Waals surface area (Å²) in [6.07, 6.45) is 0.955. The first kappa shape index (κ1) is 30.1. The molecule has 4 aromatic rings. The highest BCUT2D eigenvalue weighted by molar-refractivity contribution is 5.94. The number of benzene rings is 4. The van der Waals surface area contributed by atoms with E-state index in [1.165, 1.54) is 21.3 Å². The molecule has 42 heavy (non-hydrogen) atoms. The van der Waals surface area contributed by atoms with Crippen LogP contribution in [0.2, 0.25) is 0 Å². The number of hydrogen-bond acceptors (Lipinski definition) is 7. The van der Waals surface area contributed by atoms with E-state index in [1.54, 1.807) is 36.4 Å².